The highest BCUT2D eigenvalue weighted by molar-refractivity contribution is 5.71. The van der Waals surface area contributed by atoms with Crippen molar-refractivity contribution in [3.63, 3.8) is 0 Å². The Kier molecular flexibility index (Phi) is 5.84. The maximum atomic E-state index is 14.6. The molecule has 150 valence electrons. The molecule has 3 aromatic rings. The molecular weight excluding hydrogens is 370 g/mol. The minimum atomic E-state index is -0.523. The van der Waals surface area contributed by atoms with Crippen molar-refractivity contribution in [1.29, 1.82) is 0 Å². The van der Waals surface area contributed by atoms with Gasteiger partial charge in [-0.15, -0.1) is 0 Å². The zero-order chi connectivity index (χ0) is 20.2. The predicted molar refractivity (Wildman–Crippen MR) is 109 cm³/mol. The Hall–Kier alpha value is -2.82. The molecule has 3 nitrogen and oxygen atoms in total. The zero-order valence-corrected chi connectivity index (χ0v) is 16.5. The SMILES string of the molecule is Cc1ccc(F)c(-c2cccc(F)c2OCc2ccnc(C3CCCCC3)n2)c1. The highest BCUT2D eigenvalue weighted by atomic mass is 19.1. The molecule has 29 heavy (non-hydrogen) atoms. The van der Waals surface area contributed by atoms with Crippen LogP contribution in [0.3, 0.4) is 0 Å². The van der Waals surface area contributed by atoms with Crippen molar-refractivity contribution >= 4 is 0 Å². The number of aryl methyl sites for hydroxylation is 1. The number of rotatable bonds is 5. The molecule has 0 spiro atoms. The molecule has 0 amide bonds. The zero-order valence-electron chi connectivity index (χ0n) is 16.5. The largest absolute Gasteiger partial charge is 0.484 e. The van der Waals surface area contributed by atoms with Crippen LogP contribution in [0.15, 0.2) is 48.7 Å². The van der Waals surface area contributed by atoms with Crippen LogP contribution in [0.5, 0.6) is 5.75 Å². The highest BCUT2D eigenvalue weighted by Crippen LogP contribution is 2.35. The van der Waals surface area contributed by atoms with Gasteiger partial charge in [0, 0.05) is 23.2 Å². The van der Waals surface area contributed by atoms with Crippen molar-refractivity contribution in [2.45, 2.75) is 51.6 Å². The average molecular weight is 394 g/mol. The molecule has 1 aromatic heterocycles. The van der Waals surface area contributed by atoms with E-state index in [4.69, 9.17) is 4.74 Å². The number of halogens is 2. The van der Waals surface area contributed by atoms with E-state index in [-0.39, 0.29) is 12.4 Å². The second-order valence-electron chi connectivity index (χ2n) is 7.63. The van der Waals surface area contributed by atoms with Gasteiger partial charge in [-0.05, 0) is 44.0 Å². The molecule has 0 bridgehead atoms. The first kappa shape index (κ1) is 19.5. The van der Waals surface area contributed by atoms with Crippen molar-refractivity contribution in [3.8, 4) is 16.9 Å². The van der Waals surface area contributed by atoms with E-state index in [9.17, 15) is 8.78 Å². The molecule has 4 rings (SSSR count). The Morgan fingerprint density at radius 1 is 0.966 bits per heavy atom. The van der Waals surface area contributed by atoms with Crippen LogP contribution >= 0.6 is 0 Å². The van der Waals surface area contributed by atoms with Gasteiger partial charge in [0.15, 0.2) is 11.6 Å². The molecule has 1 aliphatic carbocycles. The summed E-state index contributed by atoms with van der Waals surface area (Å²) in [6.45, 7) is 1.97. The number of ether oxygens (including phenoxy) is 1. The van der Waals surface area contributed by atoms with E-state index in [2.05, 4.69) is 9.97 Å². The molecule has 5 heteroatoms. The van der Waals surface area contributed by atoms with Gasteiger partial charge in [-0.25, -0.2) is 18.7 Å². The molecule has 1 heterocycles. The summed E-state index contributed by atoms with van der Waals surface area (Å²) in [4.78, 5) is 9.07. The second kappa shape index (κ2) is 8.68. The molecule has 0 unspecified atom stereocenters. The number of benzene rings is 2. The Morgan fingerprint density at radius 3 is 2.62 bits per heavy atom. The molecule has 0 saturated heterocycles. The molecular formula is C24H24F2N2O. The number of para-hydroxylation sites is 1. The Bertz CT molecular complexity index is 1000. The van der Waals surface area contributed by atoms with Crippen molar-refractivity contribution in [2.75, 3.05) is 0 Å². The van der Waals surface area contributed by atoms with Crippen LogP contribution in [0, 0.1) is 18.6 Å². The molecule has 0 aliphatic heterocycles. The molecule has 2 aromatic carbocycles. The van der Waals surface area contributed by atoms with Crippen LogP contribution < -0.4 is 4.74 Å². The van der Waals surface area contributed by atoms with Crippen LogP contribution in [-0.2, 0) is 6.61 Å². The molecule has 1 saturated carbocycles. The number of aromatic nitrogens is 2. The van der Waals surface area contributed by atoms with Crippen molar-refractivity contribution in [3.05, 3.63) is 77.4 Å². The third-order valence-electron chi connectivity index (χ3n) is 5.45. The normalized spacial score (nSPS) is 14.7. The monoisotopic (exact) mass is 394 g/mol. The summed E-state index contributed by atoms with van der Waals surface area (Å²) in [5.41, 5.74) is 2.31. The maximum Gasteiger partial charge on any atom is 0.165 e. The molecule has 1 aliphatic rings. The molecule has 1 fully saturated rings. The van der Waals surface area contributed by atoms with Crippen LogP contribution in [0.4, 0.5) is 8.78 Å². The molecule has 0 N–H and O–H groups in total. The van der Waals surface area contributed by atoms with E-state index in [1.165, 1.54) is 31.4 Å². The summed E-state index contributed by atoms with van der Waals surface area (Å²) in [5.74, 6) is 0.325. The number of nitrogens with zero attached hydrogens (tertiary/aromatic N) is 2. The lowest BCUT2D eigenvalue weighted by Gasteiger charge is -2.20. The van der Waals surface area contributed by atoms with E-state index in [1.807, 2.05) is 6.92 Å². The number of hydrogen-bond donors (Lipinski definition) is 0. The van der Waals surface area contributed by atoms with Crippen LogP contribution in [-0.4, -0.2) is 9.97 Å². The first-order valence-corrected chi connectivity index (χ1v) is 10.1. The summed E-state index contributed by atoms with van der Waals surface area (Å²) in [7, 11) is 0. The lowest BCUT2D eigenvalue weighted by molar-refractivity contribution is 0.286. The van der Waals surface area contributed by atoms with Gasteiger partial charge in [-0.2, -0.15) is 0 Å². The summed E-state index contributed by atoms with van der Waals surface area (Å²) >= 11 is 0. The van der Waals surface area contributed by atoms with Crippen molar-refractivity contribution in [2.24, 2.45) is 0 Å². The van der Waals surface area contributed by atoms with Gasteiger partial charge in [-0.1, -0.05) is 43.0 Å². The van der Waals surface area contributed by atoms with Gasteiger partial charge in [-0.3, -0.25) is 0 Å². The Balaban J connectivity index is 1.58. The van der Waals surface area contributed by atoms with Gasteiger partial charge in [0.05, 0.1) is 5.69 Å². The standard InChI is InChI=1S/C24H24F2N2O/c1-16-10-11-21(25)20(14-16)19-8-5-9-22(26)23(19)29-15-18-12-13-27-24(28-18)17-6-3-2-4-7-17/h5,8-14,17H,2-4,6-7,15H2,1H3. The average Bonchev–Trinajstić information content (AvgIpc) is 2.75. The quantitative estimate of drug-likeness (QED) is 0.505. The fourth-order valence-corrected chi connectivity index (χ4v) is 3.91. The van der Waals surface area contributed by atoms with Crippen molar-refractivity contribution in [1.82, 2.24) is 9.97 Å². The topological polar surface area (TPSA) is 35.0 Å². The minimum Gasteiger partial charge on any atom is -0.484 e. The molecule has 0 radical (unpaired) electrons. The summed E-state index contributed by atoms with van der Waals surface area (Å²) in [5, 5.41) is 0. The summed E-state index contributed by atoms with van der Waals surface area (Å²) in [6, 6.07) is 11.1. The van der Waals surface area contributed by atoms with Crippen LogP contribution in [0.2, 0.25) is 0 Å². The third-order valence-corrected chi connectivity index (χ3v) is 5.45. The van der Waals surface area contributed by atoms with E-state index in [0.29, 0.717) is 22.7 Å². The van der Waals surface area contributed by atoms with Gasteiger partial charge in [0.25, 0.3) is 0 Å². The Morgan fingerprint density at radius 2 is 1.79 bits per heavy atom. The fourth-order valence-electron chi connectivity index (χ4n) is 3.91. The van der Waals surface area contributed by atoms with Crippen LogP contribution in [0.25, 0.3) is 11.1 Å². The van der Waals surface area contributed by atoms with E-state index < -0.39 is 11.6 Å². The summed E-state index contributed by atoms with van der Waals surface area (Å²) in [6.07, 6.45) is 7.62. The van der Waals surface area contributed by atoms with Gasteiger partial charge in [0.2, 0.25) is 0 Å². The van der Waals surface area contributed by atoms with Gasteiger partial charge in [0.1, 0.15) is 18.2 Å². The maximum absolute atomic E-state index is 14.6. The minimum absolute atomic E-state index is 0.0369. The molecule has 0 atom stereocenters. The van der Waals surface area contributed by atoms with Gasteiger partial charge >= 0.3 is 0 Å². The van der Waals surface area contributed by atoms with E-state index in [1.54, 1.807) is 36.5 Å². The van der Waals surface area contributed by atoms with Crippen molar-refractivity contribution < 1.29 is 13.5 Å². The fraction of sp³-hybridized carbons (Fsp3) is 0.333. The third kappa shape index (κ3) is 4.44. The van der Waals surface area contributed by atoms with Crippen LogP contribution in [0.1, 0.15) is 55.1 Å². The predicted octanol–water partition coefficient (Wildman–Crippen LogP) is 6.36. The smallest absolute Gasteiger partial charge is 0.165 e. The highest BCUT2D eigenvalue weighted by Gasteiger charge is 2.19. The first-order valence-electron chi connectivity index (χ1n) is 10.1. The second-order valence-corrected chi connectivity index (χ2v) is 7.63. The lowest BCUT2D eigenvalue weighted by atomic mass is 9.89. The summed E-state index contributed by atoms with van der Waals surface area (Å²) < 4.78 is 34.8. The van der Waals surface area contributed by atoms with E-state index in [0.717, 1.165) is 24.2 Å². The Labute approximate surface area is 169 Å². The van der Waals surface area contributed by atoms with Gasteiger partial charge < -0.3 is 4.74 Å². The number of hydrogen-bond acceptors (Lipinski definition) is 3. The first-order chi connectivity index (χ1) is 14.1. The van der Waals surface area contributed by atoms with E-state index >= 15 is 0 Å². The lowest BCUT2D eigenvalue weighted by Crippen LogP contribution is -2.11.